The summed E-state index contributed by atoms with van der Waals surface area (Å²) in [5.74, 6) is 0.779. The summed E-state index contributed by atoms with van der Waals surface area (Å²) in [4.78, 5) is 16.7. The minimum atomic E-state index is 0.187. The Bertz CT molecular complexity index is 1220. The van der Waals surface area contributed by atoms with Gasteiger partial charge < -0.3 is 19.4 Å². The van der Waals surface area contributed by atoms with E-state index in [0.29, 0.717) is 0 Å². The number of rotatable bonds is 4. The van der Waals surface area contributed by atoms with Crippen LogP contribution < -0.4 is 9.80 Å². The van der Waals surface area contributed by atoms with Crippen molar-refractivity contribution in [2.24, 2.45) is 0 Å². The van der Waals surface area contributed by atoms with Crippen LogP contribution in [-0.4, -0.2) is 76.1 Å². The Hall–Kier alpha value is -3.39. The van der Waals surface area contributed by atoms with E-state index in [-0.39, 0.29) is 12.2 Å². The summed E-state index contributed by atoms with van der Waals surface area (Å²) in [6, 6.07) is 10.8. The number of nitrogens with zero attached hydrogens (tertiary/aromatic N) is 7. The molecule has 5 heterocycles. The Morgan fingerprint density at radius 3 is 2.29 bits per heavy atom. The van der Waals surface area contributed by atoms with Gasteiger partial charge in [-0.25, -0.2) is 9.97 Å². The Morgan fingerprint density at radius 1 is 0.886 bits per heavy atom. The highest BCUT2D eigenvalue weighted by molar-refractivity contribution is 5.78. The van der Waals surface area contributed by atoms with Gasteiger partial charge in [0.05, 0.1) is 30.1 Å². The van der Waals surface area contributed by atoms with E-state index in [4.69, 9.17) is 14.7 Å². The molecule has 3 aliphatic heterocycles. The maximum absolute atomic E-state index is 5.86. The lowest BCUT2D eigenvalue weighted by Crippen LogP contribution is -2.46. The zero-order valence-corrected chi connectivity index (χ0v) is 20.8. The summed E-state index contributed by atoms with van der Waals surface area (Å²) >= 11 is 0. The Labute approximate surface area is 206 Å². The molecule has 0 N–H and O–H groups in total. The van der Waals surface area contributed by atoms with E-state index in [1.54, 1.807) is 0 Å². The van der Waals surface area contributed by atoms with Crippen molar-refractivity contribution in [3.05, 3.63) is 59.8 Å². The first-order valence-electron chi connectivity index (χ1n) is 12.6. The molecule has 2 atom stereocenters. The van der Waals surface area contributed by atoms with Crippen molar-refractivity contribution in [2.45, 2.75) is 39.5 Å². The molecule has 0 aliphatic carbocycles. The third-order valence-corrected chi connectivity index (χ3v) is 7.14. The molecule has 2 fully saturated rings. The Kier molecular flexibility index (Phi) is 5.68. The van der Waals surface area contributed by atoms with Crippen LogP contribution in [0.3, 0.4) is 0 Å². The van der Waals surface area contributed by atoms with Crippen LogP contribution in [0, 0.1) is 6.92 Å². The largest absolute Gasteiger partial charge is 0.372 e. The van der Waals surface area contributed by atoms with Crippen molar-refractivity contribution in [3.8, 4) is 11.1 Å². The number of para-hydroxylation sites is 1. The fourth-order valence-electron chi connectivity index (χ4n) is 5.56. The molecule has 2 aromatic heterocycles. The van der Waals surface area contributed by atoms with Crippen molar-refractivity contribution in [3.63, 3.8) is 0 Å². The minimum absolute atomic E-state index is 0.187. The van der Waals surface area contributed by atoms with Gasteiger partial charge in [0, 0.05) is 74.2 Å². The van der Waals surface area contributed by atoms with Crippen LogP contribution in [0.15, 0.2) is 48.4 Å². The molecule has 0 bridgehead atoms. The average molecular weight is 472 g/mol. The smallest absolute Gasteiger partial charge is 0.225 e. The Morgan fingerprint density at radius 2 is 1.57 bits per heavy atom. The molecule has 3 aliphatic rings. The predicted molar refractivity (Wildman–Crippen MR) is 138 cm³/mol. The van der Waals surface area contributed by atoms with E-state index in [9.17, 15) is 0 Å². The van der Waals surface area contributed by atoms with Crippen LogP contribution in [0.25, 0.3) is 17.2 Å². The van der Waals surface area contributed by atoms with E-state index in [1.807, 2.05) is 12.4 Å². The summed E-state index contributed by atoms with van der Waals surface area (Å²) in [6.45, 7) is 12.8. The van der Waals surface area contributed by atoms with Gasteiger partial charge >= 0.3 is 0 Å². The van der Waals surface area contributed by atoms with Crippen LogP contribution in [0.1, 0.15) is 25.2 Å². The lowest BCUT2D eigenvalue weighted by atomic mass is 10.1. The zero-order valence-electron chi connectivity index (χ0n) is 20.8. The van der Waals surface area contributed by atoms with Crippen molar-refractivity contribution in [2.75, 3.05) is 49.1 Å². The lowest BCUT2D eigenvalue weighted by Gasteiger charge is -2.38. The van der Waals surface area contributed by atoms with Crippen LogP contribution in [0.5, 0.6) is 0 Å². The maximum Gasteiger partial charge on any atom is 0.225 e. The molecule has 35 heavy (non-hydrogen) atoms. The minimum Gasteiger partial charge on any atom is -0.372 e. The number of anilines is 2. The van der Waals surface area contributed by atoms with E-state index < -0.39 is 0 Å². The summed E-state index contributed by atoms with van der Waals surface area (Å²) in [7, 11) is 0. The summed E-state index contributed by atoms with van der Waals surface area (Å²) in [5.41, 5.74) is 7.17. The highest BCUT2D eigenvalue weighted by Crippen LogP contribution is 2.32. The van der Waals surface area contributed by atoms with E-state index in [1.165, 1.54) is 22.6 Å². The van der Waals surface area contributed by atoms with Gasteiger partial charge in [0.1, 0.15) is 0 Å². The van der Waals surface area contributed by atoms with Gasteiger partial charge in [-0.1, -0.05) is 18.2 Å². The second-order valence-electron chi connectivity index (χ2n) is 9.93. The Balaban J connectivity index is 1.15. The van der Waals surface area contributed by atoms with Crippen molar-refractivity contribution >= 4 is 17.7 Å². The molecule has 1 aromatic carbocycles. The molecular weight excluding hydrogens is 438 g/mol. The molecule has 2 unspecified atom stereocenters. The van der Waals surface area contributed by atoms with Crippen molar-refractivity contribution < 1.29 is 4.74 Å². The molecular formula is C27H33N7O. The number of allylic oxidation sites excluding steroid dienone is 1. The first-order valence-corrected chi connectivity index (χ1v) is 12.6. The number of benzene rings is 1. The highest BCUT2D eigenvalue weighted by Gasteiger charge is 2.26. The number of aromatic nitrogens is 4. The SMILES string of the molecule is Cc1cc2n(n1)CC(N1CCN(c3ccccc3-c3cnc(N4CC(C)OC(C)C4)nc3)CC1)=C2. The van der Waals surface area contributed by atoms with E-state index in [0.717, 1.165) is 63.0 Å². The quantitative estimate of drug-likeness (QED) is 0.578. The van der Waals surface area contributed by atoms with Crippen LogP contribution in [0.2, 0.25) is 0 Å². The molecule has 8 heteroatoms. The topological polar surface area (TPSA) is 62.6 Å². The molecule has 0 amide bonds. The summed E-state index contributed by atoms with van der Waals surface area (Å²) in [6.07, 6.45) is 6.60. The molecule has 3 aromatic rings. The molecule has 8 nitrogen and oxygen atoms in total. The molecule has 0 spiro atoms. The fourth-order valence-corrected chi connectivity index (χ4v) is 5.56. The highest BCUT2D eigenvalue weighted by atomic mass is 16.5. The number of hydrogen-bond acceptors (Lipinski definition) is 7. The van der Waals surface area contributed by atoms with E-state index >= 15 is 0 Å². The van der Waals surface area contributed by atoms with Crippen LogP contribution >= 0.6 is 0 Å². The zero-order chi connectivity index (χ0) is 23.9. The van der Waals surface area contributed by atoms with Gasteiger partial charge in [0.25, 0.3) is 0 Å². The van der Waals surface area contributed by atoms with Gasteiger partial charge in [-0.05, 0) is 39.0 Å². The second-order valence-corrected chi connectivity index (χ2v) is 9.93. The number of ether oxygens (including phenoxy) is 1. The van der Waals surface area contributed by atoms with Crippen LogP contribution in [-0.2, 0) is 11.3 Å². The first kappa shape index (κ1) is 22.1. The van der Waals surface area contributed by atoms with Crippen LogP contribution in [0.4, 0.5) is 11.6 Å². The second kappa shape index (κ2) is 9.00. The van der Waals surface area contributed by atoms with Gasteiger partial charge in [0.2, 0.25) is 5.95 Å². The van der Waals surface area contributed by atoms with Gasteiger partial charge in [0.15, 0.2) is 0 Å². The molecule has 0 radical (unpaired) electrons. The predicted octanol–water partition coefficient (Wildman–Crippen LogP) is 3.44. The molecule has 0 saturated carbocycles. The molecule has 2 saturated heterocycles. The van der Waals surface area contributed by atoms with Crippen molar-refractivity contribution in [1.82, 2.24) is 24.6 Å². The number of hydrogen-bond donors (Lipinski definition) is 0. The monoisotopic (exact) mass is 471 g/mol. The summed E-state index contributed by atoms with van der Waals surface area (Å²) in [5, 5.41) is 4.59. The van der Waals surface area contributed by atoms with Gasteiger partial charge in [-0.3, -0.25) is 4.68 Å². The number of piperazine rings is 1. The molecule has 182 valence electrons. The molecule has 6 rings (SSSR count). The third-order valence-electron chi connectivity index (χ3n) is 7.14. The first-order chi connectivity index (χ1) is 17.0. The number of fused-ring (bicyclic) bond motifs is 1. The van der Waals surface area contributed by atoms with Gasteiger partial charge in [-0.2, -0.15) is 5.10 Å². The third kappa shape index (κ3) is 4.38. The normalized spacial score (nSPS) is 22.4. The van der Waals surface area contributed by atoms with Crippen molar-refractivity contribution in [1.29, 1.82) is 0 Å². The van der Waals surface area contributed by atoms with Gasteiger partial charge in [-0.15, -0.1) is 0 Å². The van der Waals surface area contributed by atoms with E-state index in [2.05, 4.69) is 81.7 Å². The fraction of sp³-hybridized carbons (Fsp3) is 0.444. The number of morpholine rings is 1. The maximum atomic E-state index is 5.86. The average Bonchev–Trinajstić information content (AvgIpc) is 3.41. The summed E-state index contributed by atoms with van der Waals surface area (Å²) < 4.78 is 7.96. The lowest BCUT2D eigenvalue weighted by molar-refractivity contribution is -0.00571. The number of aryl methyl sites for hydroxylation is 1. The standard InChI is InChI=1S/C27H33N7O/c1-19-12-23-13-24(18-34(23)30-19)31-8-10-32(11-9-31)26-7-5-4-6-25(26)22-14-28-27(29-15-22)33-16-20(2)35-21(3)17-33/h4-7,12-15,20-21H,8-11,16-18H2,1-3H3.